The minimum atomic E-state index is -0.411. The number of hydrogen-bond acceptors (Lipinski definition) is 5. The van der Waals surface area contributed by atoms with Crippen LogP contribution in [0.25, 0.3) is 0 Å². The Bertz CT molecular complexity index is 419. The van der Waals surface area contributed by atoms with Gasteiger partial charge in [-0.3, -0.25) is 0 Å². The fourth-order valence-corrected chi connectivity index (χ4v) is 3.24. The highest BCUT2D eigenvalue weighted by molar-refractivity contribution is 7.09. The zero-order valence-corrected chi connectivity index (χ0v) is 9.91. The van der Waals surface area contributed by atoms with Crippen LogP contribution in [0.1, 0.15) is 37.4 Å². The number of rotatable bonds is 3. The van der Waals surface area contributed by atoms with Gasteiger partial charge in [0, 0.05) is 17.5 Å². The molecule has 4 rings (SSSR count). The maximum atomic E-state index is 10.2. The average molecular weight is 237 g/mol. The van der Waals surface area contributed by atoms with Crippen LogP contribution in [0.15, 0.2) is 0 Å². The van der Waals surface area contributed by atoms with Crippen molar-refractivity contribution >= 4 is 16.7 Å². The van der Waals surface area contributed by atoms with E-state index in [1.807, 2.05) is 0 Å². The number of anilines is 1. The minimum absolute atomic E-state index is 0.411. The first-order valence-electron chi connectivity index (χ1n) is 6.05. The largest absolute Gasteiger partial charge is 0.386 e. The van der Waals surface area contributed by atoms with Crippen LogP contribution >= 0.6 is 11.5 Å². The van der Waals surface area contributed by atoms with E-state index in [1.165, 1.54) is 37.2 Å². The summed E-state index contributed by atoms with van der Waals surface area (Å²) >= 11 is 1.49. The molecule has 0 aromatic carbocycles. The van der Waals surface area contributed by atoms with Crippen LogP contribution in [0.2, 0.25) is 0 Å². The molecule has 1 aliphatic heterocycles. The van der Waals surface area contributed by atoms with Crippen molar-refractivity contribution in [2.45, 2.75) is 37.2 Å². The van der Waals surface area contributed by atoms with E-state index in [0.717, 1.165) is 24.0 Å². The fraction of sp³-hybridized carbons (Fsp3) is 0.818. The zero-order valence-electron chi connectivity index (χ0n) is 9.09. The van der Waals surface area contributed by atoms with Gasteiger partial charge in [-0.1, -0.05) is 0 Å². The molecular weight excluding hydrogens is 222 g/mol. The van der Waals surface area contributed by atoms with Crippen LogP contribution in [0.3, 0.4) is 0 Å². The molecule has 0 bridgehead atoms. The lowest BCUT2D eigenvalue weighted by atomic mass is 9.89. The summed E-state index contributed by atoms with van der Waals surface area (Å²) in [4.78, 5) is 6.73. The Morgan fingerprint density at radius 1 is 1.25 bits per heavy atom. The number of hydrogen-bond donors (Lipinski definition) is 1. The van der Waals surface area contributed by atoms with Crippen LogP contribution in [0, 0.1) is 5.92 Å². The van der Waals surface area contributed by atoms with E-state index in [9.17, 15) is 5.11 Å². The third kappa shape index (κ3) is 1.38. The van der Waals surface area contributed by atoms with Crippen LogP contribution in [0.4, 0.5) is 5.13 Å². The molecule has 1 N–H and O–H groups in total. The summed E-state index contributed by atoms with van der Waals surface area (Å²) < 4.78 is 4.40. The smallest absolute Gasteiger partial charge is 0.205 e. The van der Waals surface area contributed by atoms with E-state index in [2.05, 4.69) is 14.3 Å². The Labute approximate surface area is 98.5 Å². The second-order valence-electron chi connectivity index (χ2n) is 5.44. The van der Waals surface area contributed by atoms with Gasteiger partial charge in [0.2, 0.25) is 5.13 Å². The lowest BCUT2D eigenvalue weighted by Gasteiger charge is -2.46. The van der Waals surface area contributed by atoms with Crippen LogP contribution in [-0.4, -0.2) is 33.2 Å². The summed E-state index contributed by atoms with van der Waals surface area (Å²) in [6, 6.07) is 0. The first-order valence-corrected chi connectivity index (χ1v) is 6.83. The van der Waals surface area contributed by atoms with Gasteiger partial charge in [-0.15, -0.1) is 0 Å². The lowest BCUT2D eigenvalue weighted by molar-refractivity contribution is -0.00933. The summed E-state index contributed by atoms with van der Waals surface area (Å²) in [5, 5.41) is 11.2. The van der Waals surface area contributed by atoms with Crippen molar-refractivity contribution < 1.29 is 5.11 Å². The van der Waals surface area contributed by atoms with Crippen molar-refractivity contribution in [2.24, 2.45) is 5.92 Å². The first-order chi connectivity index (χ1) is 7.74. The van der Waals surface area contributed by atoms with E-state index in [4.69, 9.17) is 0 Å². The molecule has 3 aliphatic rings. The van der Waals surface area contributed by atoms with Gasteiger partial charge >= 0.3 is 0 Å². The molecule has 86 valence electrons. The van der Waals surface area contributed by atoms with E-state index >= 15 is 0 Å². The highest BCUT2D eigenvalue weighted by Gasteiger charge is 2.52. The molecule has 0 spiro atoms. The molecule has 4 nitrogen and oxygen atoms in total. The SMILES string of the molecule is OC1(C2CC2)CN(c2nc(C3CC3)ns2)C1. The van der Waals surface area contributed by atoms with E-state index in [0.29, 0.717) is 11.8 Å². The zero-order chi connectivity index (χ0) is 10.8. The third-order valence-electron chi connectivity index (χ3n) is 3.91. The second kappa shape index (κ2) is 2.96. The minimum Gasteiger partial charge on any atom is -0.386 e. The molecule has 0 atom stereocenters. The lowest BCUT2D eigenvalue weighted by Crippen LogP contribution is -2.63. The molecule has 0 amide bonds. The van der Waals surface area contributed by atoms with E-state index in [1.54, 1.807) is 0 Å². The van der Waals surface area contributed by atoms with Crippen molar-refractivity contribution in [2.75, 3.05) is 18.0 Å². The molecule has 2 saturated carbocycles. The molecule has 3 fully saturated rings. The molecule has 2 heterocycles. The van der Waals surface area contributed by atoms with Crippen molar-refractivity contribution in [1.82, 2.24) is 9.36 Å². The summed E-state index contributed by atoms with van der Waals surface area (Å²) in [6.07, 6.45) is 4.91. The van der Waals surface area contributed by atoms with E-state index in [-0.39, 0.29) is 0 Å². The maximum Gasteiger partial charge on any atom is 0.205 e. The first kappa shape index (κ1) is 9.36. The predicted molar refractivity (Wildman–Crippen MR) is 61.8 cm³/mol. The Hall–Kier alpha value is -0.680. The molecule has 2 aliphatic carbocycles. The average Bonchev–Trinajstić information content (AvgIpc) is 3.11. The summed E-state index contributed by atoms with van der Waals surface area (Å²) in [5.41, 5.74) is -0.411. The topological polar surface area (TPSA) is 49.2 Å². The van der Waals surface area contributed by atoms with E-state index < -0.39 is 5.60 Å². The molecule has 0 radical (unpaired) electrons. The fourth-order valence-electron chi connectivity index (χ4n) is 2.49. The van der Waals surface area contributed by atoms with Gasteiger partial charge in [0.05, 0.1) is 13.1 Å². The van der Waals surface area contributed by atoms with Gasteiger partial charge in [0.15, 0.2) is 0 Å². The second-order valence-corrected chi connectivity index (χ2v) is 6.17. The van der Waals surface area contributed by atoms with Crippen molar-refractivity contribution in [3.8, 4) is 0 Å². The molecule has 1 aromatic rings. The number of aromatic nitrogens is 2. The van der Waals surface area contributed by atoms with Gasteiger partial charge in [-0.05, 0) is 31.6 Å². The Morgan fingerprint density at radius 2 is 2.00 bits per heavy atom. The molecule has 5 heteroatoms. The number of nitrogens with zero attached hydrogens (tertiary/aromatic N) is 3. The number of aliphatic hydroxyl groups is 1. The molecule has 1 saturated heterocycles. The molecule has 16 heavy (non-hydrogen) atoms. The van der Waals surface area contributed by atoms with Crippen LogP contribution in [-0.2, 0) is 0 Å². The van der Waals surface area contributed by atoms with Crippen LogP contribution in [0.5, 0.6) is 0 Å². The molecule has 1 aromatic heterocycles. The Morgan fingerprint density at radius 3 is 2.62 bits per heavy atom. The summed E-state index contributed by atoms with van der Waals surface area (Å²) in [6.45, 7) is 1.52. The van der Waals surface area contributed by atoms with Crippen LogP contribution < -0.4 is 4.90 Å². The third-order valence-corrected chi connectivity index (χ3v) is 4.70. The molecule has 0 unspecified atom stereocenters. The molecular formula is C11H15N3OS. The maximum absolute atomic E-state index is 10.2. The van der Waals surface area contributed by atoms with Gasteiger partial charge in [0.1, 0.15) is 11.4 Å². The monoisotopic (exact) mass is 237 g/mol. The summed E-state index contributed by atoms with van der Waals surface area (Å²) in [5.74, 6) is 2.22. The van der Waals surface area contributed by atoms with Crippen molar-refractivity contribution in [3.05, 3.63) is 5.82 Å². The highest BCUT2D eigenvalue weighted by atomic mass is 32.1. The highest BCUT2D eigenvalue weighted by Crippen LogP contribution is 2.46. The van der Waals surface area contributed by atoms with Crippen molar-refractivity contribution in [1.29, 1.82) is 0 Å². The van der Waals surface area contributed by atoms with Gasteiger partial charge in [-0.2, -0.15) is 4.37 Å². The Balaban J connectivity index is 1.46. The quantitative estimate of drug-likeness (QED) is 0.862. The summed E-state index contributed by atoms with van der Waals surface area (Å²) in [7, 11) is 0. The number of β-amino-alcohol motifs (C(OH)–C–C–N with tert-alkyl or cyclic N) is 1. The van der Waals surface area contributed by atoms with Gasteiger partial charge in [0.25, 0.3) is 0 Å². The van der Waals surface area contributed by atoms with Gasteiger partial charge in [-0.25, -0.2) is 4.98 Å². The Kier molecular flexibility index (Phi) is 1.73. The normalized spacial score (nSPS) is 27.9. The van der Waals surface area contributed by atoms with Gasteiger partial charge < -0.3 is 10.0 Å². The standard InChI is InChI=1S/C11H15N3OS/c15-11(8-3-4-8)5-14(6-11)10-12-9(13-16-10)7-1-2-7/h7-8,15H,1-6H2. The van der Waals surface area contributed by atoms with Crippen molar-refractivity contribution in [3.63, 3.8) is 0 Å². The predicted octanol–water partition coefficient (Wildman–Crippen LogP) is 1.38.